The lowest BCUT2D eigenvalue weighted by molar-refractivity contribution is 0.250. The second kappa shape index (κ2) is 8.92. The van der Waals surface area contributed by atoms with Crippen LogP contribution in [0.2, 0.25) is 0 Å². The van der Waals surface area contributed by atoms with E-state index in [1.54, 1.807) is 0 Å². The Labute approximate surface area is 118 Å². The number of ether oxygens (including phenoxy) is 1. The van der Waals surface area contributed by atoms with Gasteiger partial charge in [0.25, 0.3) is 0 Å². The predicted molar refractivity (Wildman–Crippen MR) is 76.8 cm³/mol. The smallest absolute Gasteiger partial charge is 0.322 e. The van der Waals surface area contributed by atoms with Crippen LogP contribution in [0.4, 0.5) is 5.95 Å². The van der Waals surface area contributed by atoms with E-state index in [4.69, 9.17) is 9.84 Å². The van der Waals surface area contributed by atoms with Gasteiger partial charge in [-0.2, -0.15) is 15.0 Å². The van der Waals surface area contributed by atoms with Crippen molar-refractivity contribution in [3.63, 3.8) is 0 Å². The Morgan fingerprint density at radius 3 is 2.74 bits per heavy atom. The maximum Gasteiger partial charge on any atom is 0.322 e. The highest BCUT2D eigenvalue weighted by atomic mass is 32.2. The van der Waals surface area contributed by atoms with E-state index in [2.05, 4.69) is 20.3 Å². The molecule has 1 heterocycles. The van der Waals surface area contributed by atoms with Gasteiger partial charge >= 0.3 is 6.01 Å². The van der Waals surface area contributed by atoms with Crippen molar-refractivity contribution in [1.82, 2.24) is 15.0 Å². The Kier molecular flexibility index (Phi) is 7.50. The Balaban J connectivity index is 2.73. The number of nitrogens with one attached hydrogen (secondary N) is 1. The van der Waals surface area contributed by atoms with Gasteiger partial charge in [0, 0.05) is 18.9 Å². The Morgan fingerprint density at radius 2 is 2.11 bits per heavy atom. The first-order chi connectivity index (χ1) is 9.19. The van der Waals surface area contributed by atoms with E-state index in [1.165, 1.54) is 11.8 Å². The van der Waals surface area contributed by atoms with E-state index < -0.39 is 0 Å². The molecule has 1 rings (SSSR count). The molecule has 0 bridgehead atoms. The van der Waals surface area contributed by atoms with Crippen LogP contribution in [0.3, 0.4) is 0 Å². The minimum Gasteiger partial charge on any atom is -0.463 e. The monoisotopic (exact) mass is 286 g/mol. The van der Waals surface area contributed by atoms with Crippen molar-refractivity contribution < 1.29 is 9.84 Å². The Bertz CT molecular complexity index is 379. The van der Waals surface area contributed by atoms with Crippen molar-refractivity contribution >= 4 is 17.7 Å². The van der Waals surface area contributed by atoms with Crippen molar-refractivity contribution in [2.24, 2.45) is 5.92 Å². The summed E-state index contributed by atoms with van der Waals surface area (Å²) in [4.78, 5) is 12.8. The average Bonchev–Trinajstić information content (AvgIpc) is 2.42. The molecule has 0 saturated carbocycles. The second-order valence-corrected chi connectivity index (χ2v) is 5.19. The molecule has 0 amide bonds. The van der Waals surface area contributed by atoms with E-state index in [1.807, 2.05) is 20.8 Å². The maximum absolute atomic E-state index is 9.02. The van der Waals surface area contributed by atoms with Crippen LogP contribution >= 0.6 is 11.8 Å². The summed E-state index contributed by atoms with van der Waals surface area (Å²) < 4.78 is 5.45. The molecule has 1 aromatic rings. The van der Waals surface area contributed by atoms with Crippen LogP contribution in [-0.2, 0) is 0 Å². The van der Waals surface area contributed by atoms with Crippen molar-refractivity contribution in [3.8, 4) is 6.01 Å². The average molecular weight is 286 g/mol. The minimum atomic E-state index is 0.164. The Hall–Kier alpha value is -1.08. The fourth-order valence-corrected chi connectivity index (χ4v) is 2.00. The lowest BCUT2D eigenvalue weighted by Crippen LogP contribution is -2.09. The third kappa shape index (κ3) is 6.07. The van der Waals surface area contributed by atoms with Gasteiger partial charge in [0.15, 0.2) is 5.16 Å². The molecule has 7 heteroatoms. The molecule has 108 valence electrons. The molecule has 6 nitrogen and oxygen atoms in total. The standard InChI is InChI=1S/C12H22N4O2S/c1-4-6-18-11-14-10(13-5-2)15-12(16-11)19-8-9(3)7-17/h9,17H,4-8H2,1-3H3,(H,13,14,15,16). The summed E-state index contributed by atoms with van der Waals surface area (Å²) in [5.41, 5.74) is 0. The summed E-state index contributed by atoms with van der Waals surface area (Å²) in [5.74, 6) is 1.51. The Morgan fingerprint density at radius 1 is 1.32 bits per heavy atom. The maximum atomic E-state index is 9.02. The number of hydrogen-bond donors (Lipinski definition) is 2. The summed E-state index contributed by atoms with van der Waals surface area (Å²) >= 11 is 1.50. The van der Waals surface area contributed by atoms with Crippen LogP contribution in [0.1, 0.15) is 27.2 Å². The van der Waals surface area contributed by atoms with E-state index in [0.717, 1.165) is 18.7 Å². The SMILES string of the molecule is CCCOc1nc(NCC)nc(SCC(C)CO)n1. The molecule has 1 unspecified atom stereocenters. The van der Waals surface area contributed by atoms with Crippen molar-refractivity contribution in [2.75, 3.05) is 30.8 Å². The van der Waals surface area contributed by atoms with Crippen LogP contribution in [0.5, 0.6) is 6.01 Å². The number of aliphatic hydroxyl groups is 1. The molecule has 0 radical (unpaired) electrons. The number of thioether (sulfide) groups is 1. The number of rotatable bonds is 9. The van der Waals surface area contributed by atoms with Crippen LogP contribution in [-0.4, -0.2) is 45.6 Å². The van der Waals surface area contributed by atoms with Gasteiger partial charge in [0.1, 0.15) is 0 Å². The zero-order valence-corrected chi connectivity index (χ0v) is 12.5. The molecule has 1 atom stereocenters. The van der Waals surface area contributed by atoms with Crippen molar-refractivity contribution in [1.29, 1.82) is 0 Å². The summed E-state index contributed by atoms with van der Waals surface area (Å²) in [5, 5.41) is 12.7. The third-order valence-corrected chi connectivity index (χ3v) is 3.35. The van der Waals surface area contributed by atoms with Gasteiger partial charge in [-0.3, -0.25) is 0 Å². The lowest BCUT2D eigenvalue weighted by atomic mass is 10.2. The summed E-state index contributed by atoms with van der Waals surface area (Å²) in [6, 6.07) is 0.354. The van der Waals surface area contributed by atoms with Crippen LogP contribution < -0.4 is 10.1 Å². The van der Waals surface area contributed by atoms with Gasteiger partial charge in [0.2, 0.25) is 5.95 Å². The summed E-state index contributed by atoms with van der Waals surface area (Å²) in [7, 11) is 0. The quantitative estimate of drug-likeness (QED) is 0.670. The fraction of sp³-hybridized carbons (Fsp3) is 0.750. The molecule has 1 aromatic heterocycles. The van der Waals surface area contributed by atoms with E-state index in [-0.39, 0.29) is 12.5 Å². The molecule has 0 saturated heterocycles. The molecule has 0 aliphatic heterocycles. The normalized spacial score (nSPS) is 12.2. The molecule has 0 aliphatic rings. The van der Waals surface area contributed by atoms with E-state index >= 15 is 0 Å². The molecular formula is C12H22N4O2S. The molecular weight excluding hydrogens is 264 g/mol. The topological polar surface area (TPSA) is 80.2 Å². The second-order valence-electron chi connectivity index (χ2n) is 4.20. The lowest BCUT2D eigenvalue weighted by Gasteiger charge is -2.09. The molecule has 2 N–H and O–H groups in total. The minimum absolute atomic E-state index is 0.164. The molecule has 19 heavy (non-hydrogen) atoms. The third-order valence-electron chi connectivity index (χ3n) is 2.17. The number of aromatic nitrogens is 3. The molecule has 0 spiro atoms. The zero-order chi connectivity index (χ0) is 14.1. The first kappa shape index (κ1) is 16.0. The highest BCUT2D eigenvalue weighted by molar-refractivity contribution is 7.99. The first-order valence-corrected chi connectivity index (χ1v) is 7.54. The van der Waals surface area contributed by atoms with Gasteiger partial charge in [-0.1, -0.05) is 25.6 Å². The van der Waals surface area contributed by atoms with Gasteiger partial charge in [-0.05, 0) is 19.3 Å². The highest BCUT2D eigenvalue weighted by Crippen LogP contribution is 2.20. The predicted octanol–water partition coefficient (Wildman–Crippen LogP) is 1.81. The van der Waals surface area contributed by atoms with Gasteiger partial charge in [0.05, 0.1) is 6.61 Å². The highest BCUT2D eigenvalue weighted by Gasteiger charge is 2.09. The largest absolute Gasteiger partial charge is 0.463 e. The zero-order valence-electron chi connectivity index (χ0n) is 11.7. The van der Waals surface area contributed by atoms with Crippen LogP contribution in [0.15, 0.2) is 5.16 Å². The fourth-order valence-electron chi connectivity index (χ4n) is 1.17. The number of aliphatic hydroxyl groups excluding tert-OH is 1. The van der Waals surface area contributed by atoms with Crippen molar-refractivity contribution in [3.05, 3.63) is 0 Å². The molecule has 0 fully saturated rings. The number of hydrogen-bond acceptors (Lipinski definition) is 7. The van der Waals surface area contributed by atoms with Crippen molar-refractivity contribution in [2.45, 2.75) is 32.3 Å². The van der Waals surface area contributed by atoms with E-state index in [9.17, 15) is 0 Å². The van der Waals surface area contributed by atoms with Gasteiger partial charge in [-0.15, -0.1) is 0 Å². The van der Waals surface area contributed by atoms with E-state index in [0.29, 0.717) is 23.7 Å². The van der Waals surface area contributed by atoms with Gasteiger partial charge in [-0.25, -0.2) is 0 Å². The number of anilines is 1. The summed E-state index contributed by atoms with van der Waals surface area (Å²) in [6.45, 7) is 7.49. The molecule has 0 aliphatic carbocycles. The first-order valence-electron chi connectivity index (χ1n) is 6.56. The number of nitrogens with zero attached hydrogens (tertiary/aromatic N) is 3. The molecule has 0 aromatic carbocycles. The van der Waals surface area contributed by atoms with Crippen LogP contribution in [0, 0.1) is 5.92 Å². The summed E-state index contributed by atoms with van der Waals surface area (Å²) in [6.07, 6.45) is 0.909. The van der Waals surface area contributed by atoms with Crippen LogP contribution in [0.25, 0.3) is 0 Å². The van der Waals surface area contributed by atoms with Gasteiger partial charge < -0.3 is 15.2 Å².